The van der Waals surface area contributed by atoms with E-state index in [9.17, 15) is 13.4 Å². The molecule has 1 aromatic carbocycles. The molecule has 1 rings (SSSR count). The summed E-state index contributed by atoms with van der Waals surface area (Å²) in [5, 5.41) is 2.75. The number of hydrogen-bond acceptors (Lipinski definition) is 2. The monoisotopic (exact) mass is 335 g/mol. The number of amides is 1. The summed E-state index contributed by atoms with van der Waals surface area (Å²) >= 11 is 3.05. The summed E-state index contributed by atoms with van der Waals surface area (Å²) < 4.78 is 24.4. The van der Waals surface area contributed by atoms with Crippen molar-refractivity contribution in [2.24, 2.45) is 0 Å². The van der Waals surface area contributed by atoms with E-state index in [0.717, 1.165) is 0 Å². The number of halogens is 2. The normalized spacial score (nSPS) is 14.0. The van der Waals surface area contributed by atoms with Crippen molar-refractivity contribution >= 4 is 32.6 Å². The van der Waals surface area contributed by atoms with E-state index in [1.54, 1.807) is 12.3 Å². The van der Waals surface area contributed by atoms with E-state index in [-0.39, 0.29) is 22.0 Å². The van der Waals surface area contributed by atoms with Crippen LogP contribution in [-0.4, -0.2) is 28.2 Å². The van der Waals surface area contributed by atoms with Gasteiger partial charge in [-0.25, -0.2) is 4.39 Å². The lowest BCUT2D eigenvalue weighted by Gasteiger charge is -2.14. The maximum atomic E-state index is 13.3. The molecule has 0 aliphatic heterocycles. The third kappa shape index (κ3) is 4.49. The predicted molar refractivity (Wildman–Crippen MR) is 74.6 cm³/mol. The Hall–Kier alpha value is -0.750. The summed E-state index contributed by atoms with van der Waals surface area (Å²) in [4.78, 5) is 11.9. The Balaban J connectivity index is 2.65. The Morgan fingerprint density at radius 1 is 1.56 bits per heavy atom. The predicted octanol–water partition coefficient (Wildman–Crippen LogP) is 2.48. The van der Waals surface area contributed by atoms with E-state index < -0.39 is 16.6 Å². The van der Waals surface area contributed by atoms with E-state index in [1.807, 2.05) is 6.92 Å². The Bertz CT molecular complexity index is 467. The van der Waals surface area contributed by atoms with Crippen molar-refractivity contribution < 1.29 is 13.4 Å². The molecule has 0 bridgehead atoms. The van der Waals surface area contributed by atoms with Crippen LogP contribution in [0.4, 0.5) is 4.39 Å². The highest BCUT2D eigenvalue weighted by atomic mass is 79.9. The van der Waals surface area contributed by atoms with Crippen molar-refractivity contribution in [3.63, 3.8) is 0 Å². The zero-order chi connectivity index (χ0) is 13.7. The zero-order valence-corrected chi connectivity index (χ0v) is 12.6. The highest BCUT2D eigenvalue weighted by molar-refractivity contribution is 9.10. The molecule has 0 aromatic heterocycles. The van der Waals surface area contributed by atoms with Crippen LogP contribution in [0.1, 0.15) is 23.7 Å². The maximum Gasteiger partial charge on any atom is 0.252 e. The van der Waals surface area contributed by atoms with E-state index in [1.165, 1.54) is 12.1 Å². The number of rotatable bonds is 5. The van der Waals surface area contributed by atoms with Crippen molar-refractivity contribution in [1.29, 1.82) is 0 Å². The van der Waals surface area contributed by atoms with Gasteiger partial charge in [0.2, 0.25) is 0 Å². The average molecular weight is 336 g/mol. The Kier molecular flexibility index (Phi) is 5.95. The number of carbonyl (C=O) groups excluding carboxylic acids is 1. The fourth-order valence-electron chi connectivity index (χ4n) is 1.40. The van der Waals surface area contributed by atoms with Gasteiger partial charge in [-0.05, 0) is 41.4 Å². The highest BCUT2D eigenvalue weighted by Gasteiger charge is 2.15. The maximum absolute atomic E-state index is 13.3. The van der Waals surface area contributed by atoms with Gasteiger partial charge in [0.1, 0.15) is 5.82 Å². The van der Waals surface area contributed by atoms with Crippen LogP contribution in [0.15, 0.2) is 22.7 Å². The van der Waals surface area contributed by atoms with Crippen LogP contribution < -0.4 is 5.32 Å². The van der Waals surface area contributed by atoms with Gasteiger partial charge in [-0.2, -0.15) is 0 Å². The van der Waals surface area contributed by atoms with Crippen LogP contribution in [0.5, 0.6) is 0 Å². The van der Waals surface area contributed by atoms with Gasteiger partial charge in [0.05, 0.1) is 10.0 Å². The Morgan fingerprint density at radius 2 is 2.22 bits per heavy atom. The lowest BCUT2D eigenvalue weighted by Crippen LogP contribution is -2.33. The molecular formula is C12H15BrFNO2S. The third-order valence-corrected chi connectivity index (χ3v) is 4.03. The van der Waals surface area contributed by atoms with Crippen LogP contribution in [0, 0.1) is 5.82 Å². The first-order valence-corrected chi connectivity index (χ1v) is 7.98. The molecule has 0 saturated carbocycles. The van der Waals surface area contributed by atoms with E-state index >= 15 is 0 Å². The first kappa shape index (κ1) is 15.3. The number of hydrogen-bond donors (Lipinski definition) is 1. The molecule has 0 spiro atoms. The van der Waals surface area contributed by atoms with Crippen LogP contribution >= 0.6 is 15.9 Å². The van der Waals surface area contributed by atoms with Crippen molar-refractivity contribution in [3.8, 4) is 0 Å². The third-order valence-electron chi connectivity index (χ3n) is 2.41. The molecule has 1 aromatic rings. The molecule has 18 heavy (non-hydrogen) atoms. The molecule has 1 N–H and O–H groups in total. The summed E-state index contributed by atoms with van der Waals surface area (Å²) in [6, 6.07) is 4.22. The highest BCUT2D eigenvalue weighted by Crippen LogP contribution is 2.20. The van der Waals surface area contributed by atoms with Crippen molar-refractivity contribution in [1.82, 2.24) is 5.32 Å². The number of carbonyl (C=O) groups is 1. The van der Waals surface area contributed by atoms with Gasteiger partial charge in [0, 0.05) is 28.9 Å². The number of nitrogens with one attached hydrogen (secondary N) is 1. The summed E-state index contributed by atoms with van der Waals surface area (Å²) in [6.45, 7) is 1.83. The molecule has 0 heterocycles. The van der Waals surface area contributed by atoms with E-state index in [0.29, 0.717) is 12.2 Å². The second-order valence-corrected chi connectivity index (χ2v) is 6.39. The zero-order valence-electron chi connectivity index (χ0n) is 10.2. The standard InChI is InChI=1S/C12H15BrFNO2S/c1-8(6-7-18(2)17)15-12(16)9-4-3-5-10(14)11(9)13/h3-5,8H,6-7H2,1-2H3,(H,15,16). The van der Waals surface area contributed by atoms with Gasteiger partial charge in [-0.3, -0.25) is 9.00 Å². The largest absolute Gasteiger partial charge is 0.350 e. The SMILES string of the molecule is CC(CCS(C)=O)NC(=O)c1cccc(F)c1Br. The topological polar surface area (TPSA) is 46.2 Å². The molecule has 6 heteroatoms. The van der Waals surface area contributed by atoms with Gasteiger partial charge in [-0.15, -0.1) is 0 Å². The molecule has 2 unspecified atom stereocenters. The minimum absolute atomic E-state index is 0.100. The van der Waals surface area contributed by atoms with E-state index in [2.05, 4.69) is 21.2 Å². The molecule has 0 aliphatic carbocycles. The minimum Gasteiger partial charge on any atom is -0.350 e. The number of benzene rings is 1. The Morgan fingerprint density at radius 3 is 2.83 bits per heavy atom. The van der Waals surface area contributed by atoms with Gasteiger partial charge in [0.25, 0.3) is 5.91 Å². The molecule has 0 fully saturated rings. The van der Waals surface area contributed by atoms with Crippen LogP contribution in [0.3, 0.4) is 0 Å². The van der Waals surface area contributed by atoms with Gasteiger partial charge in [0.15, 0.2) is 0 Å². The molecule has 0 saturated heterocycles. The molecule has 0 aliphatic rings. The fraction of sp³-hybridized carbons (Fsp3) is 0.417. The van der Waals surface area contributed by atoms with Crippen LogP contribution in [0.25, 0.3) is 0 Å². The Labute approximate surface area is 117 Å². The first-order valence-electron chi connectivity index (χ1n) is 5.46. The van der Waals surface area contributed by atoms with Gasteiger partial charge in [-0.1, -0.05) is 6.07 Å². The van der Waals surface area contributed by atoms with Crippen LogP contribution in [-0.2, 0) is 10.8 Å². The minimum atomic E-state index is -0.874. The first-order chi connectivity index (χ1) is 8.41. The second-order valence-electron chi connectivity index (χ2n) is 4.04. The summed E-state index contributed by atoms with van der Waals surface area (Å²) in [6.07, 6.45) is 2.25. The second kappa shape index (κ2) is 6.99. The lowest BCUT2D eigenvalue weighted by molar-refractivity contribution is 0.0938. The molecular weight excluding hydrogens is 321 g/mol. The molecule has 100 valence electrons. The lowest BCUT2D eigenvalue weighted by atomic mass is 10.2. The molecule has 1 amide bonds. The van der Waals surface area contributed by atoms with Crippen molar-refractivity contribution in [2.75, 3.05) is 12.0 Å². The van der Waals surface area contributed by atoms with Gasteiger partial charge < -0.3 is 5.32 Å². The van der Waals surface area contributed by atoms with Crippen LogP contribution in [0.2, 0.25) is 0 Å². The fourth-order valence-corrected chi connectivity index (χ4v) is 2.53. The molecule has 3 nitrogen and oxygen atoms in total. The van der Waals surface area contributed by atoms with Gasteiger partial charge >= 0.3 is 0 Å². The molecule has 0 radical (unpaired) electrons. The smallest absolute Gasteiger partial charge is 0.252 e. The summed E-state index contributed by atoms with van der Waals surface area (Å²) in [5.41, 5.74) is 0.263. The molecule has 2 atom stereocenters. The quantitative estimate of drug-likeness (QED) is 0.898. The average Bonchev–Trinajstić information content (AvgIpc) is 2.30. The summed E-state index contributed by atoms with van der Waals surface area (Å²) in [7, 11) is -0.874. The van der Waals surface area contributed by atoms with E-state index in [4.69, 9.17) is 0 Å². The summed E-state index contributed by atoms with van der Waals surface area (Å²) in [5.74, 6) is -0.271. The van der Waals surface area contributed by atoms with Crippen molar-refractivity contribution in [2.45, 2.75) is 19.4 Å². The van der Waals surface area contributed by atoms with Crippen molar-refractivity contribution in [3.05, 3.63) is 34.1 Å².